The van der Waals surface area contributed by atoms with Crippen molar-refractivity contribution in [1.82, 2.24) is 5.32 Å². The second-order valence-corrected chi connectivity index (χ2v) is 9.85. The van der Waals surface area contributed by atoms with Crippen LogP contribution in [0.3, 0.4) is 0 Å². The first-order valence-corrected chi connectivity index (χ1v) is 12.1. The topological polar surface area (TPSA) is 117 Å². The Morgan fingerprint density at radius 2 is 1.63 bits per heavy atom. The summed E-state index contributed by atoms with van der Waals surface area (Å²) in [5.74, 6) is -3.61. The zero-order chi connectivity index (χ0) is 28.3. The largest absolute Gasteiger partial charge is 0.573 e. The van der Waals surface area contributed by atoms with Gasteiger partial charge < -0.3 is 25.8 Å². The van der Waals surface area contributed by atoms with Crippen LogP contribution in [0.15, 0.2) is 30.3 Å². The lowest BCUT2D eigenvalue weighted by atomic mass is 9.70. The Bertz CT molecular complexity index is 1210. The zero-order valence-electron chi connectivity index (χ0n) is 19.8. The Labute approximate surface area is 224 Å². The van der Waals surface area contributed by atoms with Crippen molar-refractivity contribution in [2.45, 2.75) is 51.4 Å². The highest BCUT2D eigenvalue weighted by atomic mass is 35.5. The average Bonchev–Trinajstić information content (AvgIpc) is 2.79. The summed E-state index contributed by atoms with van der Waals surface area (Å²) in [6.45, 7) is 1.78. The molecule has 1 aliphatic rings. The number of hydrogen-bond acceptors (Lipinski definition) is 4. The zero-order valence-corrected chi connectivity index (χ0v) is 21.4. The van der Waals surface area contributed by atoms with Crippen LogP contribution < -0.4 is 20.7 Å². The number of benzene rings is 2. The van der Waals surface area contributed by atoms with E-state index in [1.54, 1.807) is 6.92 Å². The number of halogens is 6. The molecule has 8 nitrogen and oxygen atoms in total. The summed E-state index contributed by atoms with van der Waals surface area (Å²) < 4.78 is 55.1. The van der Waals surface area contributed by atoms with Crippen LogP contribution >= 0.6 is 23.2 Å². The minimum atomic E-state index is -5.00. The molecular weight excluding hydrogens is 557 g/mol. The molecule has 0 saturated heterocycles. The standard InChI is InChI=1S/C24H23Cl2F4N3O5/c1-23(7-3-2-4-8-23)19(21(35)36)33-20(34)14-6-5-12(27)9-17(14)31-22(37)32-18-15(25)10-13(11-16(18)26)38-24(28,29)30/h5-6,9-11,19H,2-4,7-8H2,1H3,(H,33,34)(H,35,36)(H2,31,32,37)/t19-/m1/s1. The Hall–Kier alpha value is -3.25. The first-order valence-electron chi connectivity index (χ1n) is 11.3. The summed E-state index contributed by atoms with van der Waals surface area (Å²) in [4.78, 5) is 37.7. The van der Waals surface area contributed by atoms with Crippen LogP contribution in [0.4, 0.5) is 33.7 Å². The Morgan fingerprint density at radius 1 is 1.03 bits per heavy atom. The number of aliphatic carboxylic acids is 1. The van der Waals surface area contributed by atoms with Crippen molar-refractivity contribution in [2.75, 3.05) is 10.6 Å². The van der Waals surface area contributed by atoms with E-state index >= 15 is 0 Å². The van der Waals surface area contributed by atoms with Crippen LogP contribution in [0.2, 0.25) is 10.0 Å². The van der Waals surface area contributed by atoms with Crippen LogP contribution in [0.5, 0.6) is 5.75 Å². The summed E-state index contributed by atoms with van der Waals surface area (Å²) in [7, 11) is 0. The minimum absolute atomic E-state index is 0.224. The van der Waals surface area contributed by atoms with Gasteiger partial charge in [-0.15, -0.1) is 13.2 Å². The van der Waals surface area contributed by atoms with E-state index in [1.165, 1.54) is 0 Å². The fraction of sp³-hybridized carbons (Fsp3) is 0.375. The van der Waals surface area contributed by atoms with Gasteiger partial charge in [0.25, 0.3) is 5.91 Å². The quantitative estimate of drug-likeness (QED) is 0.268. The number of carboxylic acids is 1. The van der Waals surface area contributed by atoms with E-state index in [4.69, 9.17) is 23.2 Å². The van der Waals surface area contributed by atoms with E-state index in [0.29, 0.717) is 12.8 Å². The SMILES string of the molecule is CC1([C@H](NC(=O)c2ccc(F)cc2NC(=O)Nc2c(Cl)cc(OC(F)(F)F)cc2Cl)C(=O)O)CCCCC1. The van der Waals surface area contributed by atoms with Gasteiger partial charge in [0.05, 0.1) is 27.0 Å². The van der Waals surface area contributed by atoms with Gasteiger partial charge >= 0.3 is 18.4 Å². The maximum absolute atomic E-state index is 14.0. The van der Waals surface area contributed by atoms with Crippen LogP contribution in [0.25, 0.3) is 0 Å². The molecule has 3 amide bonds. The van der Waals surface area contributed by atoms with Gasteiger partial charge in [0, 0.05) is 12.1 Å². The minimum Gasteiger partial charge on any atom is -0.480 e. The molecule has 0 heterocycles. The first kappa shape index (κ1) is 29.3. The lowest BCUT2D eigenvalue weighted by molar-refractivity contribution is -0.274. The van der Waals surface area contributed by atoms with Crippen molar-refractivity contribution >= 4 is 52.5 Å². The summed E-state index contributed by atoms with van der Waals surface area (Å²) in [5.41, 5.74) is -1.50. The van der Waals surface area contributed by atoms with E-state index in [-0.39, 0.29) is 16.9 Å². The van der Waals surface area contributed by atoms with Crippen LogP contribution in [0.1, 0.15) is 49.4 Å². The Morgan fingerprint density at radius 3 is 2.18 bits per heavy atom. The van der Waals surface area contributed by atoms with Crippen molar-refractivity contribution in [3.63, 3.8) is 0 Å². The summed E-state index contributed by atoms with van der Waals surface area (Å²) >= 11 is 11.9. The number of hydrogen-bond donors (Lipinski definition) is 4. The third-order valence-electron chi connectivity index (χ3n) is 6.18. The highest BCUT2D eigenvalue weighted by molar-refractivity contribution is 6.40. The van der Waals surface area contributed by atoms with E-state index in [0.717, 1.165) is 49.6 Å². The van der Waals surface area contributed by atoms with Gasteiger partial charge in [-0.3, -0.25) is 4.79 Å². The molecule has 206 valence electrons. The van der Waals surface area contributed by atoms with Gasteiger partial charge in [-0.05, 0) is 36.5 Å². The number of anilines is 2. The predicted octanol–water partition coefficient (Wildman–Crippen LogP) is 6.83. The molecule has 1 aliphatic carbocycles. The van der Waals surface area contributed by atoms with Gasteiger partial charge in [0.2, 0.25) is 0 Å². The van der Waals surface area contributed by atoms with E-state index in [1.807, 2.05) is 0 Å². The van der Waals surface area contributed by atoms with Crippen LogP contribution in [0, 0.1) is 11.2 Å². The molecule has 3 rings (SSSR count). The fourth-order valence-electron chi connectivity index (χ4n) is 4.34. The van der Waals surface area contributed by atoms with Crippen LogP contribution in [-0.4, -0.2) is 35.4 Å². The number of carboxylic acid groups (broad SMARTS) is 1. The first-order chi connectivity index (χ1) is 17.7. The molecule has 0 radical (unpaired) electrons. The molecule has 0 spiro atoms. The molecule has 14 heteroatoms. The number of urea groups is 1. The summed E-state index contributed by atoms with van der Waals surface area (Å²) in [6, 6.07) is 2.14. The molecule has 1 fully saturated rings. The second-order valence-electron chi connectivity index (χ2n) is 9.04. The molecule has 0 aromatic heterocycles. The second kappa shape index (κ2) is 11.6. The number of ether oxygens (including phenoxy) is 1. The predicted molar refractivity (Wildman–Crippen MR) is 132 cm³/mol. The van der Waals surface area contributed by atoms with Crippen molar-refractivity contribution in [1.29, 1.82) is 0 Å². The van der Waals surface area contributed by atoms with Crippen molar-refractivity contribution in [2.24, 2.45) is 5.41 Å². The van der Waals surface area contributed by atoms with Crippen molar-refractivity contribution in [3.05, 3.63) is 51.8 Å². The molecule has 2 aromatic carbocycles. The van der Waals surface area contributed by atoms with Gasteiger partial charge in [0.15, 0.2) is 0 Å². The van der Waals surface area contributed by atoms with E-state index in [9.17, 15) is 37.1 Å². The van der Waals surface area contributed by atoms with Gasteiger partial charge in [-0.25, -0.2) is 14.0 Å². The van der Waals surface area contributed by atoms with E-state index in [2.05, 4.69) is 20.7 Å². The number of carbonyl (C=O) groups is 3. The molecule has 38 heavy (non-hydrogen) atoms. The number of carbonyl (C=O) groups excluding carboxylic acids is 2. The molecule has 1 saturated carbocycles. The monoisotopic (exact) mass is 579 g/mol. The van der Waals surface area contributed by atoms with Crippen molar-refractivity contribution < 1.29 is 41.8 Å². The highest BCUT2D eigenvalue weighted by Gasteiger charge is 2.41. The normalized spacial score (nSPS) is 15.8. The number of rotatable bonds is 7. The van der Waals surface area contributed by atoms with Gasteiger partial charge in [-0.2, -0.15) is 0 Å². The third-order valence-corrected chi connectivity index (χ3v) is 6.77. The Kier molecular flexibility index (Phi) is 8.98. The fourth-order valence-corrected chi connectivity index (χ4v) is 4.90. The maximum Gasteiger partial charge on any atom is 0.573 e. The molecule has 0 bridgehead atoms. The lowest BCUT2D eigenvalue weighted by Crippen LogP contribution is -2.52. The molecule has 4 N–H and O–H groups in total. The third kappa shape index (κ3) is 7.41. The molecule has 2 aromatic rings. The number of amides is 3. The number of alkyl halides is 3. The Balaban J connectivity index is 1.80. The van der Waals surface area contributed by atoms with E-state index < -0.39 is 57.3 Å². The van der Waals surface area contributed by atoms with Gasteiger partial charge in [-0.1, -0.05) is 49.4 Å². The van der Waals surface area contributed by atoms with Crippen molar-refractivity contribution in [3.8, 4) is 5.75 Å². The van der Waals surface area contributed by atoms with Crippen LogP contribution in [-0.2, 0) is 4.79 Å². The highest BCUT2D eigenvalue weighted by Crippen LogP contribution is 2.39. The smallest absolute Gasteiger partial charge is 0.480 e. The molecule has 0 unspecified atom stereocenters. The average molecular weight is 580 g/mol. The summed E-state index contributed by atoms with van der Waals surface area (Å²) in [5, 5.41) is 16.0. The lowest BCUT2D eigenvalue weighted by Gasteiger charge is -2.38. The molecule has 1 atom stereocenters. The molecule has 0 aliphatic heterocycles. The molecular formula is C24H23Cl2F4N3O5. The maximum atomic E-state index is 14.0. The van der Waals surface area contributed by atoms with Gasteiger partial charge in [0.1, 0.15) is 17.6 Å². The summed E-state index contributed by atoms with van der Waals surface area (Å²) in [6.07, 6.45) is -1.22. The number of nitrogens with one attached hydrogen (secondary N) is 3.